The van der Waals surface area contributed by atoms with Gasteiger partial charge in [0.25, 0.3) is 11.1 Å². The summed E-state index contributed by atoms with van der Waals surface area (Å²) in [5, 5.41) is 3.08. The number of carbonyl (C=O) groups excluding carboxylic acids is 1. The first-order chi connectivity index (χ1) is 15.1. The summed E-state index contributed by atoms with van der Waals surface area (Å²) in [5.41, 5.74) is 1.85. The molecule has 0 aliphatic carbocycles. The molecule has 0 atom stereocenters. The van der Waals surface area contributed by atoms with E-state index in [-0.39, 0.29) is 5.91 Å². The van der Waals surface area contributed by atoms with E-state index < -0.39 is 0 Å². The van der Waals surface area contributed by atoms with Gasteiger partial charge in [0, 0.05) is 38.9 Å². The van der Waals surface area contributed by atoms with Crippen LogP contribution in [0.3, 0.4) is 0 Å². The summed E-state index contributed by atoms with van der Waals surface area (Å²) in [7, 11) is 0. The number of rotatable bonds is 5. The van der Waals surface area contributed by atoms with Gasteiger partial charge in [-0.2, -0.15) is 4.98 Å². The maximum absolute atomic E-state index is 12.5. The topological polar surface area (TPSA) is 58.6 Å². The van der Waals surface area contributed by atoms with Gasteiger partial charge in [0.05, 0.1) is 14.6 Å². The highest BCUT2D eigenvalue weighted by Gasteiger charge is 2.22. The number of pyridine rings is 1. The van der Waals surface area contributed by atoms with E-state index in [0.29, 0.717) is 15.9 Å². The van der Waals surface area contributed by atoms with Gasteiger partial charge < -0.3 is 9.64 Å². The zero-order chi connectivity index (χ0) is 21.2. The van der Waals surface area contributed by atoms with Crippen molar-refractivity contribution in [2.24, 2.45) is 0 Å². The lowest BCUT2D eigenvalue weighted by atomic mass is 10.2. The van der Waals surface area contributed by atoms with Gasteiger partial charge in [-0.05, 0) is 35.2 Å². The number of nitrogens with zero attached hydrogens (tertiary/aromatic N) is 4. The molecule has 1 aliphatic heterocycles. The van der Waals surface area contributed by atoms with Crippen LogP contribution in [0.5, 0.6) is 10.9 Å². The molecule has 0 unspecified atom stereocenters. The first-order valence-electron chi connectivity index (χ1n) is 9.88. The van der Waals surface area contributed by atoms with Crippen molar-refractivity contribution in [1.82, 2.24) is 19.8 Å². The number of hydrogen-bond acceptors (Lipinski definition) is 7. The summed E-state index contributed by atoms with van der Waals surface area (Å²) in [5.74, 6) is 0.878. The molecule has 0 N–H and O–H groups in total. The van der Waals surface area contributed by atoms with Crippen LogP contribution in [0.15, 0.2) is 54.0 Å². The molecule has 1 amide bonds. The number of benzene rings is 1. The Balaban J connectivity index is 1.16. The first-order valence-corrected chi connectivity index (χ1v) is 12.0. The highest BCUT2D eigenvalue weighted by atomic mass is 35.5. The zero-order valence-corrected chi connectivity index (χ0v) is 18.9. The van der Waals surface area contributed by atoms with Gasteiger partial charge in [0.15, 0.2) is 5.65 Å². The maximum Gasteiger partial charge on any atom is 0.281 e. The van der Waals surface area contributed by atoms with Crippen LogP contribution < -0.4 is 4.74 Å². The number of fused-ring (bicyclic) bond motifs is 1. The summed E-state index contributed by atoms with van der Waals surface area (Å²) in [6, 6.07) is 13.7. The molecule has 0 bridgehead atoms. The molecule has 4 aromatic rings. The van der Waals surface area contributed by atoms with Crippen LogP contribution in [-0.4, -0.2) is 51.9 Å². The van der Waals surface area contributed by atoms with Crippen molar-refractivity contribution in [2.75, 3.05) is 26.2 Å². The zero-order valence-electron chi connectivity index (χ0n) is 16.5. The smallest absolute Gasteiger partial charge is 0.281 e. The molecule has 1 aromatic carbocycles. The Kier molecular flexibility index (Phi) is 5.87. The number of piperazine rings is 1. The third-order valence-electron chi connectivity index (χ3n) is 5.12. The van der Waals surface area contributed by atoms with Crippen molar-refractivity contribution >= 4 is 50.5 Å². The number of hydrogen-bond donors (Lipinski definition) is 0. The van der Waals surface area contributed by atoms with Crippen LogP contribution in [0, 0.1) is 0 Å². The highest BCUT2D eigenvalue weighted by Crippen LogP contribution is 2.31. The highest BCUT2D eigenvalue weighted by molar-refractivity contribution is 7.20. The van der Waals surface area contributed by atoms with Gasteiger partial charge in [-0.3, -0.25) is 9.69 Å². The Bertz CT molecular complexity index is 1190. The normalized spacial score (nSPS) is 14.8. The third kappa shape index (κ3) is 4.72. The third-order valence-corrected chi connectivity index (χ3v) is 7.05. The molecule has 1 fully saturated rings. The number of carbonyl (C=O) groups is 1. The second-order valence-corrected chi connectivity index (χ2v) is 9.62. The molecule has 0 radical (unpaired) electrons. The van der Waals surface area contributed by atoms with Gasteiger partial charge in [-0.15, -0.1) is 11.3 Å². The minimum atomic E-state index is 0.142. The predicted molar refractivity (Wildman–Crippen MR) is 124 cm³/mol. The van der Waals surface area contributed by atoms with Crippen LogP contribution in [0.25, 0.3) is 10.3 Å². The molecule has 1 aliphatic rings. The lowest BCUT2D eigenvalue weighted by Gasteiger charge is -2.34. The average Bonchev–Trinajstić information content (AvgIpc) is 3.45. The van der Waals surface area contributed by atoms with E-state index >= 15 is 0 Å². The molecule has 4 heterocycles. The fraction of sp³-hybridized carbons (Fsp3) is 0.227. The molecule has 0 spiro atoms. The summed E-state index contributed by atoms with van der Waals surface area (Å²) in [6.07, 6.45) is 1.58. The Labute approximate surface area is 192 Å². The van der Waals surface area contributed by atoms with E-state index in [1.807, 2.05) is 40.6 Å². The summed E-state index contributed by atoms with van der Waals surface area (Å²) < 4.78 is 6.79. The fourth-order valence-electron chi connectivity index (χ4n) is 3.51. The van der Waals surface area contributed by atoms with Crippen molar-refractivity contribution in [3.05, 3.63) is 69.5 Å². The molecule has 5 rings (SSSR count). The molecule has 158 valence electrons. The lowest BCUT2D eigenvalue weighted by molar-refractivity contribution is 0.0633. The Morgan fingerprint density at radius 1 is 1.13 bits per heavy atom. The molecule has 9 heteroatoms. The molecular weight excluding hydrogens is 452 g/mol. The maximum atomic E-state index is 12.5. The van der Waals surface area contributed by atoms with Gasteiger partial charge in [-0.25, -0.2) is 4.98 Å². The Morgan fingerprint density at radius 3 is 2.68 bits per heavy atom. The van der Waals surface area contributed by atoms with E-state index in [0.717, 1.165) is 48.1 Å². The molecule has 0 saturated carbocycles. The molecular formula is C22H19ClN4O2S2. The largest absolute Gasteiger partial charge is 0.431 e. The van der Waals surface area contributed by atoms with Crippen LogP contribution in [0.2, 0.25) is 5.02 Å². The van der Waals surface area contributed by atoms with Gasteiger partial charge in [0.1, 0.15) is 5.75 Å². The lowest BCUT2D eigenvalue weighted by Crippen LogP contribution is -2.48. The van der Waals surface area contributed by atoms with E-state index in [9.17, 15) is 4.79 Å². The van der Waals surface area contributed by atoms with Crippen molar-refractivity contribution in [2.45, 2.75) is 6.54 Å². The first kappa shape index (κ1) is 20.4. The summed E-state index contributed by atoms with van der Waals surface area (Å²) >= 11 is 8.91. The second kappa shape index (κ2) is 8.92. The van der Waals surface area contributed by atoms with E-state index in [4.69, 9.17) is 16.3 Å². The van der Waals surface area contributed by atoms with Gasteiger partial charge in [-0.1, -0.05) is 41.1 Å². The molecule has 31 heavy (non-hydrogen) atoms. The fourth-order valence-corrected chi connectivity index (χ4v) is 5.25. The van der Waals surface area contributed by atoms with Crippen molar-refractivity contribution in [1.29, 1.82) is 0 Å². The Hall–Kier alpha value is -2.52. The van der Waals surface area contributed by atoms with Crippen molar-refractivity contribution in [3.8, 4) is 10.9 Å². The molecule has 3 aromatic heterocycles. The van der Waals surface area contributed by atoms with Crippen LogP contribution in [-0.2, 0) is 6.54 Å². The van der Waals surface area contributed by atoms with E-state index in [1.54, 1.807) is 6.20 Å². The predicted octanol–water partition coefficient (Wildman–Crippen LogP) is 5.16. The second-order valence-electron chi connectivity index (χ2n) is 7.25. The SMILES string of the molecule is O=C(c1cccs1)N1CCN(Cc2ccc(Oc3nc4ncc(Cl)cc4s3)cc2)CC1. The minimum absolute atomic E-state index is 0.142. The number of halogens is 1. The van der Waals surface area contributed by atoms with Crippen LogP contribution >= 0.6 is 34.3 Å². The summed E-state index contributed by atoms with van der Waals surface area (Å²) in [6.45, 7) is 4.11. The Morgan fingerprint density at radius 2 is 1.94 bits per heavy atom. The number of ether oxygens (including phenoxy) is 1. The number of thiophene rings is 1. The quantitative estimate of drug-likeness (QED) is 0.403. The van der Waals surface area contributed by atoms with Gasteiger partial charge in [0.2, 0.25) is 0 Å². The standard InChI is InChI=1S/C22H19ClN4O2S2/c23-16-12-19-20(24-13-16)25-22(31-19)29-17-5-3-15(4-6-17)14-26-7-9-27(10-8-26)21(28)18-2-1-11-30-18/h1-6,11-13H,7-10,14H2. The average molecular weight is 471 g/mol. The van der Waals surface area contributed by atoms with E-state index in [1.165, 1.54) is 28.2 Å². The van der Waals surface area contributed by atoms with E-state index in [2.05, 4.69) is 27.0 Å². The molecule has 1 saturated heterocycles. The van der Waals surface area contributed by atoms with Crippen molar-refractivity contribution < 1.29 is 9.53 Å². The number of thiazole rings is 1. The van der Waals surface area contributed by atoms with Crippen LogP contribution in [0.4, 0.5) is 0 Å². The molecule has 6 nitrogen and oxygen atoms in total. The van der Waals surface area contributed by atoms with Crippen molar-refractivity contribution in [3.63, 3.8) is 0 Å². The van der Waals surface area contributed by atoms with Crippen LogP contribution in [0.1, 0.15) is 15.2 Å². The minimum Gasteiger partial charge on any atom is -0.431 e. The monoisotopic (exact) mass is 470 g/mol. The summed E-state index contributed by atoms with van der Waals surface area (Å²) in [4.78, 5) is 26.2. The number of amides is 1. The van der Waals surface area contributed by atoms with Gasteiger partial charge >= 0.3 is 0 Å². The number of aromatic nitrogens is 2.